The summed E-state index contributed by atoms with van der Waals surface area (Å²) in [7, 11) is 0. The molecule has 11 heteroatoms. The second-order valence-corrected chi connectivity index (χ2v) is 12.2. The summed E-state index contributed by atoms with van der Waals surface area (Å²) in [6.45, 7) is 6.25. The van der Waals surface area contributed by atoms with Gasteiger partial charge in [-0.3, -0.25) is 9.58 Å². The first-order valence-corrected chi connectivity index (χ1v) is 14.7. The minimum absolute atomic E-state index is 0. The summed E-state index contributed by atoms with van der Waals surface area (Å²) in [6, 6.07) is 9.82. The number of likely N-dealkylation sites (tertiary alicyclic amines) is 1. The number of aromatic carboxylic acids is 1. The number of nitrogens with zero attached hydrogens (tertiary/aromatic N) is 5. The average molecular weight is 609 g/mol. The lowest BCUT2D eigenvalue weighted by atomic mass is 9.90. The van der Waals surface area contributed by atoms with Gasteiger partial charge in [-0.1, -0.05) is 48.0 Å². The third-order valence-corrected chi connectivity index (χ3v) is 9.32. The van der Waals surface area contributed by atoms with Crippen molar-refractivity contribution in [3.8, 4) is 0 Å². The SMILES string of the molecule is Cl.O=C(O)c1cnn(C2CCCN(C3=C(c4ccccc4)C=CC(Cl)(N4CCN(CC5CC5)CC4)C3)C2)c1C(F)F. The fourth-order valence-corrected chi connectivity index (χ4v) is 6.85. The third-order valence-electron chi connectivity index (χ3n) is 8.82. The molecule has 2 unspecified atom stereocenters. The van der Waals surface area contributed by atoms with Crippen LogP contribution in [0.5, 0.6) is 0 Å². The molecule has 2 atom stereocenters. The molecule has 2 saturated heterocycles. The third kappa shape index (κ3) is 6.33. The van der Waals surface area contributed by atoms with Crippen LogP contribution in [-0.2, 0) is 0 Å². The zero-order chi connectivity index (χ0) is 27.9. The molecule has 1 aromatic heterocycles. The molecular weight excluding hydrogens is 571 g/mol. The van der Waals surface area contributed by atoms with Gasteiger partial charge in [-0.2, -0.15) is 5.10 Å². The molecule has 7 nitrogen and oxygen atoms in total. The standard InChI is InChI=1S/C30H36ClF2N5O2.ClH/c31-30(37-15-13-35(14-16-37)19-21-8-9-21)11-10-24(22-5-2-1-3-6-22)26(17-30)36-12-4-7-23(20-36)38-27(28(32)33)25(18-34-38)29(39)40;/h1-3,5-6,10-11,18,21,23,28H,4,7-9,12-17,19-20H2,(H,39,40);1H. The molecular formula is C30H37Cl2F2N5O2. The first kappa shape index (κ1) is 30.0. The van der Waals surface area contributed by atoms with E-state index in [4.69, 9.17) is 11.6 Å². The lowest BCUT2D eigenvalue weighted by Gasteiger charge is -2.47. The largest absolute Gasteiger partial charge is 0.478 e. The van der Waals surface area contributed by atoms with Gasteiger partial charge in [0.05, 0.1) is 12.2 Å². The van der Waals surface area contributed by atoms with E-state index in [1.807, 2.05) is 18.2 Å². The van der Waals surface area contributed by atoms with Crippen molar-refractivity contribution in [2.24, 2.45) is 5.92 Å². The van der Waals surface area contributed by atoms with Crippen molar-refractivity contribution in [2.45, 2.75) is 49.6 Å². The number of aromatic nitrogens is 2. The minimum atomic E-state index is -2.92. The smallest absolute Gasteiger partial charge is 0.339 e. The molecule has 0 bridgehead atoms. The molecule has 0 amide bonds. The Morgan fingerprint density at radius 1 is 1.10 bits per heavy atom. The van der Waals surface area contributed by atoms with Gasteiger partial charge in [0.1, 0.15) is 16.3 Å². The van der Waals surface area contributed by atoms with Gasteiger partial charge in [-0.15, -0.1) is 12.4 Å². The number of benzene rings is 1. The van der Waals surface area contributed by atoms with Crippen LogP contribution in [0.4, 0.5) is 8.78 Å². The zero-order valence-electron chi connectivity index (χ0n) is 23.0. The van der Waals surface area contributed by atoms with Crippen molar-refractivity contribution in [3.63, 3.8) is 0 Å². The van der Waals surface area contributed by atoms with Gasteiger partial charge < -0.3 is 14.9 Å². The number of carboxylic acid groups (broad SMARTS) is 1. The number of rotatable bonds is 8. The second-order valence-electron chi connectivity index (χ2n) is 11.5. The Bertz CT molecular complexity index is 1290. The number of piperazine rings is 1. The fourth-order valence-electron chi connectivity index (χ4n) is 6.49. The van der Waals surface area contributed by atoms with Gasteiger partial charge in [0.25, 0.3) is 6.43 Å². The van der Waals surface area contributed by atoms with Crippen molar-refractivity contribution in [1.29, 1.82) is 0 Å². The van der Waals surface area contributed by atoms with E-state index in [2.05, 4.69) is 44.1 Å². The predicted octanol–water partition coefficient (Wildman–Crippen LogP) is 5.91. The van der Waals surface area contributed by atoms with Crippen molar-refractivity contribution >= 4 is 35.6 Å². The number of hydrogen-bond acceptors (Lipinski definition) is 5. The van der Waals surface area contributed by atoms with Crippen molar-refractivity contribution in [2.75, 3.05) is 45.8 Å². The average Bonchev–Trinajstić information content (AvgIpc) is 3.66. The number of piperidine rings is 1. The number of halogens is 4. The number of alkyl halides is 3. The fraction of sp³-hybridized carbons (Fsp3) is 0.533. The normalized spacial score (nSPS) is 26.0. The summed E-state index contributed by atoms with van der Waals surface area (Å²) in [6.07, 6.45) is 7.11. The lowest BCUT2D eigenvalue weighted by Crippen LogP contribution is -2.55. The maximum absolute atomic E-state index is 14.0. The Balaban J connectivity index is 0.00000337. The molecule has 222 valence electrons. The predicted molar refractivity (Wildman–Crippen MR) is 158 cm³/mol. The van der Waals surface area contributed by atoms with E-state index in [1.54, 1.807) is 0 Å². The molecule has 0 spiro atoms. The van der Waals surface area contributed by atoms with Crippen molar-refractivity contribution < 1.29 is 18.7 Å². The van der Waals surface area contributed by atoms with E-state index in [0.717, 1.165) is 68.1 Å². The highest BCUT2D eigenvalue weighted by Gasteiger charge is 2.41. The topological polar surface area (TPSA) is 64.8 Å². The molecule has 1 N–H and O–H groups in total. The van der Waals surface area contributed by atoms with Gasteiger partial charge >= 0.3 is 5.97 Å². The van der Waals surface area contributed by atoms with E-state index in [-0.39, 0.29) is 18.4 Å². The molecule has 2 aliphatic heterocycles. The summed E-state index contributed by atoms with van der Waals surface area (Å²) in [5, 5.41) is 13.6. The second kappa shape index (κ2) is 12.4. The van der Waals surface area contributed by atoms with Crippen LogP contribution in [0, 0.1) is 5.92 Å². The van der Waals surface area contributed by atoms with Gasteiger partial charge in [-0.05, 0) is 43.2 Å². The number of carbonyl (C=O) groups is 1. The van der Waals surface area contributed by atoms with Crippen LogP contribution in [0.1, 0.15) is 66.2 Å². The molecule has 2 aliphatic carbocycles. The summed E-state index contributed by atoms with van der Waals surface area (Å²) in [4.78, 5) is 18.1. The van der Waals surface area contributed by atoms with Crippen LogP contribution in [-0.4, -0.2) is 86.4 Å². The monoisotopic (exact) mass is 607 g/mol. The van der Waals surface area contributed by atoms with E-state index in [9.17, 15) is 18.7 Å². The van der Waals surface area contributed by atoms with Crippen molar-refractivity contribution in [1.82, 2.24) is 24.5 Å². The van der Waals surface area contributed by atoms with Crippen LogP contribution in [0.15, 0.2) is 54.4 Å². The molecule has 4 aliphatic rings. The molecule has 6 rings (SSSR count). The van der Waals surface area contributed by atoms with Crippen LogP contribution < -0.4 is 0 Å². The molecule has 1 saturated carbocycles. The molecule has 2 aromatic rings. The van der Waals surface area contributed by atoms with Crippen LogP contribution in [0.3, 0.4) is 0 Å². The van der Waals surface area contributed by atoms with Gasteiger partial charge in [0.15, 0.2) is 0 Å². The number of carboxylic acids is 1. The summed E-state index contributed by atoms with van der Waals surface area (Å²) in [5.41, 5.74) is 2.32. The van der Waals surface area contributed by atoms with Gasteiger partial charge in [-0.25, -0.2) is 13.6 Å². The van der Waals surface area contributed by atoms with Gasteiger partial charge in [0.2, 0.25) is 0 Å². The Morgan fingerprint density at radius 3 is 2.49 bits per heavy atom. The van der Waals surface area contributed by atoms with Crippen LogP contribution >= 0.6 is 24.0 Å². The molecule has 3 fully saturated rings. The Labute approximate surface area is 250 Å². The lowest BCUT2D eigenvalue weighted by molar-refractivity contribution is 0.0678. The highest BCUT2D eigenvalue weighted by atomic mass is 35.5. The van der Waals surface area contributed by atoms with Gasteiger partial charge in [0, 0.05) is 63.5 Å². The van der Waals surface area contributed by atoms with E-state index in [1.165, 1.54) is 24.1 Å². The van der Waals surface area contributed by atoms with E-state index >= 15 is 0 Å². The molecule has 0 radical (unpaired) electrons. The van der Waals surface area contributed by atoms with Crippen molar-refractivity contribution in [3.05, 3.63) is 71.2 Å². The highest BCUT2D eigenvalue weighted by Crippen LogP contribution is 2.42. The first-order valence-electron chi connectivity index (χ1n) is 14.3. The summed E-state index contributed by atoms with van der Waals surface area (Å²) >= 11 is 7.42. The maximum Gasteiger partial charge on any atom is 0.339 e. The summed E-state index contributed by atoms with van der Waals surface area (Å²) < 4.78 is 29.2. The zero-order valence-corrected chi connectivity index (χ0v) is 24.5. The first-order chi connectivity index (χ1) is 19.3. The van der Waals surface area contributed by atoms with Crippen LogP contribution in [0.25, 0.3) is 5.57 Å². The summed E-state index contributed by atoms with van der Waals surface area (Å²) in [5.74, 6) is -0.516. The van der Waals surface area contributed by atoms with E-state index in [0.29, 0.717) is 19.4 Å². The minimum Gasteiger partial charge on any atom is -0.478 e. The molecule has 41 heavy (non-hydrogen) atoms. The van der Waals surface area contributed by atoms with Crippen LogP contribution in [0.2, 0.25) is 0 Å². The maximum atomic E-state index is 14.0. The molecule has 1 aromatic carbocycles. The Morgan fingerprint density at radius 2 is 1.83 bits per heavy atom. The number of allylic oxidation sites excluding steroid dienone is 2. The number of hydrogen-bond donors (Lipinski definition) is 1. The Kier molecular flexibility index (Phi) is 9.09. The highest BCUT2D eigenvalue weighted by molar-refractivity contribution is 6.25. The van der Waals surface area contributed by atoms with E-state index < -0.39 is 28.7 Å². The molecule has 3 heterocycles. The quantitative estimate of drug-likeness (QED) is 0.297. The Hall–Kier alpha value is -2.46.